The molecule has 4 nitrogen and oxygen atoms in total. The van der Waals surface area contributed by atoms with E-state index in [1.54, 1.807) is 6.92 Å². The average Bonchev–Trinajstić information content (AvgIpc) is 2.58. The van der Waals surface area contributed by atoms with Crippen molar-refractivity contribution >= 4 is 23.1 Å². The lowest BCUT2D eigenvalue weighted by molar-refractivity contribution is -0.127. The highest BCUT2D eigenvalue weighted by atomic mass is 16.1. The standard InChI is InChI=1S/2C10H18O2/c1-3-5-6-10(12)8-7-9(11)4-2;1-3-5-6-7-10(12)8-9(11)4-2/h2*3-8H2,1-2H3. The molecule has 0 spiro atoms. The van der Waals surface area contributed by atoms with Gasteiger partial charge in [0.2, 0.25) is 0 Å². The maximum atomic E-state index is 11.1. The highest BCUT2D eigenvalue weighted by Gasteiger charge is 2.06. The second-order valence-electron chi connectivity index (χ2n) is 6.10. The number of carbonyl (C=O) groups excluding carboxylic acids is 4. The van der Waals surface area contributed by atoms with Crippen LogP contribution in [0.3, 0.4) is 0 Å². The smallest absolute Gasteiger partial charge is 0.140 e. The summed E-state index contributed by atoms with van der Waals surface area (Å²) in [6.07, 6.45) is 8.47. The molecule has 0 N–H and O–H groups in total. The molecule has 0 aromatic rings. The van der Waals surface area contributed by atoms with Gasteiger partial charge in [0.15, 0.2) is 0 Å². The molecule has 0 aromatic heterocycles. The van der Waals surface area contributed by atoms with E-state index in [1.807, 2.05) is 6.92 Å². The largest absolute Gasteiger partial charge is 0.300 e. The Balaban J connectivity index is 0. The molecular weight excluding hydrogens is 304 g/mol. The van der Waals surface area contributed by atoms with E-state index in [2.05, 4.69) is 13.8 Å². The summed E-state index contributed by atoms with van der Waals surface area (Å²) >= 11 is 0. The molecule has 0 saturated heterocycles. The van der Waals surface area contributed by atoms with Crippen molar-refractivity contribution in [2.75, 3.05) is 0 Å². The first-order valence-electron chi connectivity index (χ1n) is 9.47. The predicted octanol–water partition coefficient (Wildman–Crippen LogP) is 5.01. The van der Waals surface area contributed by atoms with Crippen LogP contribution in [-0.4, -0.2) is 23.1 Å². The summed E-state index contributed by atoms with van der Waals surface area (Å²) in [4.78, 5) is 43.8. The van der Waals surface area contributed by atoms with Crippen molar-refractivity contribution in [1.82, 2.24) is 0 Å². The van der Waals surface area contributed by atoms with Crippen molar-refractivity contribution in [3.05, 3.63) is 0 Å². The first-order chi connectivity index (χ1) is 11.4. The number of ketones is 4. The topological polar surface area (TPSA) is 68.3 Å². The summed E-state index contributed by atoms with van der Waals surface area (Å²) in [5.41, 5.74) is 0. The Hall–Kier alpha value is -1.32. The van der Waals surface area contributed by atoms with Gasteiger partial charge in [-0.05, 0) is 12.8 Å². The van der Waals surface area contributed by atoms with E-state index in [-0.39, 0.29) is 29.6 Å². The normalized spacial score (nSPS) is 9.83. The van der Waals surface area contributed by atoms with Crippen LogP contribution in [0.5, 0.6) is 0 Å². The van der Waals surface area contributed by atoms with Crippen LogP contribution in [0.25, 0.3) is 0 Å². The molecule has 0 rings (SSSR count). The van der Waals surface area contributed by atoms with E-state index in [0.717, 1.165) is 32.1 Å². The highest BCUT2D eigenvalue weighted by molar-refractivity contribution is 5.98. The molecule has 0 aliphatic carbocycles. The second-order valence-corrected chi connectivity index (χ2v) is 6.10. The van der Waals surface area contributed by atoms with Crippen molar-refractivity contribution in [1.29, 1.82) is 0 Å². The van der Waals surface area contributed by atoms with Gasteiger partial charge in [0, 0.05) is 38.5 Å². The van der Waals surface area contributed by atoms with Crippen LogP contribution < -0.4 is 0 Å². The minimum atomic E-state index is 0.0662. The molecule has 0 unspecified atom stereocenters. The Labute approximate surface area is 147 Å². The van der Waals surface area contributed by atoms with E-state index in [0.29, 0.717) is 38.5 Å². The fraction of sp³-hybridized carbons (Fsp3) is 0.800. The van der Waals surface area contributed by atoms with Crippen molar-refractivity contribution < 1.29 is 19.2 Å². The summed E-state index contributed by atoms with van der Waals surface area (Å²) in [5.74, 6) is 0.602. The fourth-order valence-electron chi connectivity index (χ4n) is 1.96. The van der Waals surface area contributed by atoms with Gasteiger partial charge in [0.25, 0.3) is 0 Å². The lowest BCUT2D eigenvalue weighted by Gasteiger charge is -1.97. The molecule has 0 atom stereocenters. The van der Waals surface area contributed by atoms with E-state index < -0.39 is 0 Å². The molecule has 0 heterocycles. The van der Waals surface area contributed by atoms with Gasteiger partial charge in [0.1, 0.15) is 23.1 Å². The minimum Gasteiger partial charge on any atom is -0.300 e. The maximum absolute atomic E-state index is 11.1. The first-order valence-corrected chi connectivity index (χ1v) is 9.47. The second kappa shape index (κ2) is 18.0. The summed E-state index contributed by atoms with van der Waals surface area (Å²) < 4.78 is 0. The van der Waals surface area contributed by atoms with Crippen LogP contribution in [0.2, 0.25) is 0 Å². The summed E-state index contributed by atoms with van der Waals surface area (Å²) in [7, 11) is 0. The third-order valence-corrected chi connectivity index (χ3v) is 3.73. The van der Waals surface area contributed by atoms with Crippen LogP contribution in [0.15, 0.2) is 0 Å². The minimum absolute atomic E-state index is 0.0662. The fourth-order valence-corrected chi connectivity index (χ4v) is 1.96. The average molecular weight is 341 g/mol. The molecule has 4 heteroatoms. The van der Waals surface area contributed by atoms with Crippen molar-refractivity contribution in [3.8, 4) is 0 Å². The number of rotatable bonds is 14. The number of hydrogen-bond acceptors (Lipinski definition) is 4. The third kappa shape index (κ3) is 18.7. The zero-order valence-electron chi connectivity index (χ0n) is 16.1. The van der Waals surface area contributed by atoms with Crippen LogP contribution >= 0.6 is 0 Å². The molecule has 0 aliphatic rings. The zero-order chi connectivity index (χ0) is 18.8. The predicted molar refractivity (Wildman–Crippen MR) is 98.1 cm³/mol. The number of Topliss-reactive ketones (excluding diaryl/α,β-unsaturated/α-hetero) is 4. The Morgan fingerprint density at radius 2 is 1.00 bits per heavy atom. The van der Waals surface area contributed by atoms with Crippen molar-refractivity contribution in [3.63, 3.8) is 0 Å². The van der Waals surface area contributed by atoms with Gasteiger partial charge in [-0.1, -0.05) is 47.0 Å². The van der Waals surface area contributed by atoms with E-state index >= 15 is 0 Å². The van der Waals surface area contributed by atoms with Gasteiger partial charge in [-0.3, -0.25) is 19.2 Å². The van der Waals surface area contributed by atoms with Crippen LogP contribution in [0.1, 0.15) is 105 Å². The molecule has 0 aliphatic heterocycles. The maximum Gasteiger partial charge on any atom is 0.140 e. The van der Waals surface area contributed by atoms with Gasteiger partial charge >= 0.3 is 0 Å². The molecule has 0 saturated carbocycles. The number of hydrogen-bond donors (Lipinski definition) is 0. The molecule has 0 radical (unpaired) electrons. The molecule has 140 valence electrons. The van der Waals surface area contributed by atoms with Gasteiger partial charge in [-0.2, -0.15) is 0 Å². The quantitative estimate of drug-likeness (QED) is 0.329. The highest BCUT2D eigenvalue weighted by Crippen LogP contribution is 2.03. The molecule has 0 aromatic carbocycles. The molecule has 0 bridgehead atoms. The van der Waals surface area contributed by atoms with Gasteiger partial charge in [0.05, 0.1) is 6.42 Å². The summed E-state index contributed by atoms with van der Waals surface area (Å²) in [6, 6.07) is 0. The Morgan fingerprint density at radius 3 is 1.50 bits per heavy atom. The van der Waals surface area contributed by atoms with Gasteiger partial charge in [-0.15, -0.1) is 0 Å². The summed E-state index contributed by atoms with van der Waals surface area (Å²) in [6.45, 7) is 7.78. The van der Waals surface area contributed by atoms with Crippen molar-refractivity contribution in [2.45, 2.75) is 105 Å². The van der Waals surface area contributed by atoms with Crippen LogP contribution in [0.4, 0.5) is 0 Å². The van der Waals surface area contributed by atoms with Gasteiger partial charge in [-0.25, -0.2) is 0 Å². The van der Waals surface area contributed by atoms with Crippen molar-refractivity contribution in [2.24, 2.45) is 0 Å². The van der Waals surface area contributed by atoms with Crippen LogP contribution in [-0.2, 0) is 19.2 Å². The molecule has 24 heavy (non-hydrogen) atoms. The van der Waals surface area contributed by atoms with Gasteiger partial charge < -0.3 is 0 Å². The number of carbonyl (C=O) groups is 4. The Kier molecular flexibility index (Phi) is 18.7. The first kappa shape index (κ1) is 24.9. The Morgan fingerprint density at radius 1 is 0.500 bits per heavy atom. The van der Waals surface area contributed by atoms with E-state index in [4.69, 9.17) is 0 Å². The number of unbranched alkanes of at least 4 members (excludes halogenated alkanes) is 3. The third-order valence-electron chi connectivity index (χ3n) is 3.73. The zero-order valence-corrected chi connectivity index (χ0v) is 16.1. The lowest BCUT2D eigenvalue weighted by Crippen LogP contribution is -2.05. The lowest BCUT2D eigenvalue weighted by atomic mass is 10.1. The Bertz CT molecular complexity index is 372. The summed E-state index contributed by atoms with van der Waals surface area (Å²) in [5, 5.41) is 0. The van der Waals surface area contributed by atoms with E-state index in [9.17, 15) is 19.2 Å². The monoisotopic (exact) mass is 340 g/mol. The SMILES string of the molecule is CCCCC(=O)CCC(=O)CC.CCCCCC(=O)CC(=O)CC. The molecule has 0 fully saturated rings. The molecular formula is C20H36O4. The van der Waals surface area contributed by atoms with Crippen LogP contribution in [0, 0.1) is 0 Å². The van der Waals surface area contributed by atoms with E-state index in [1.165, 1.54) is 0 Å². The molecule has 0 amide bonds.